The first-order chi connectivity index (χ1) is 10.6. The van der Waals surface area contributed by atoms with Crippen molar-refractivity contribution in [3.8, 4) is 0 Å². The van der Waals surface area contributed by atoms with Gasteiger partial charge in [0, 0.05) is 12.1 Å². The van der Waals surface area contributed by atoms with E-state index >= 15 is 0 Å². The Kier molecular flexibility index (Phi) is 5.27. The fourth-order valence-corrected chi connectivity index (χ4v) is 2.01. The molecule has 0 aliphatic heterocycles. The SMILES string of the molecule is N[C@@H](Cc1ccc(CNC(=O)c2ccccc2)cc1)C(=O)O. The van der Waals surface area contributed by atoms with Crippen LogP contribution in [0.25, 0.3) is 0 Å². The fraction of sp³-hybridized carbons (Fsp3) is 0.176. The van der Waals surface area contributed by atoms with Crippen molar-refractivity contribution in [2.45, 2.75) is 19.0 Å². The van der Waals surface area contributed by atoms with Gasteiger partial charge >= 0.3 is 5.97 Å². The molecule has 2 rings (SSSR count). The second kappa shape index (κ2) is 7.38. The van der Waals surface area contributed by atoms with Crippen LogP contribution in [0.2, 0.25) is 0 Å². The number of rotatable bonds is 6. The normalized spacial score (nSPS) is 11.7. The summed E-state index contributed by atoms with van der Waals surface area (Å²) in [5.41, 5.74) is 7.91. The molecule has 0 aliphatic rings. The molecule has 0 bridgehead atoms. The maximum absolute atomic E-state index is 11.9. The second-order valence-electron chi connectivity index (χ2n) is 5.01. The average Bonchev–Trinajstić information content (AvgIpc) is 2.54. The number of carboxylic acids is 1. The zero-order chi connectivity index (χ0) is 15.9. The molecule has 2 aromatic rings. The fourth-order valence-electron chi connectivity index (χ4n) is 2.01. The molecule has 0 saturated heterocycles. The lowest BCUT2D eigenvalue weighted by atomic mass is 10.0. The number of carboxylic acid groups (broad SMARTS) is 1. The molecule has 0 radical (unpaired) electrons. The van der Waals surface area contributed by atoms with E-state index in [0.717, 1.165) is 11.1 Å². The number of carbonyl (C=O) groups is 2. The second-order valence-corrected chi connectivity index (χ2v) is 5.01. The van der Waals surface area contributed by atoms with Gasteiger partial charge in [0.1, 0.15) is 6.04 Å². The molecule has 0 heterocycles. The van der Waals surface area contributed by atoms with Crippen LogP contribution >= 0.6 is 0 Å². The summed E-state index contributed by atoms with van der Waals surface area (Å²) in [5.74, 6) is -1.14. The summed E-state index contributed by atoms with van der Waals surface area (Å²) in [7, 11) is 0. The number of nitrogens with one attached hydrogen (secondary N) is 1. The number of carbonyl (C=O) groups excluding carboxylic acids is 1. The standard InChI is InChI=1S/C17H18N2O3/c18-15(17(21)22)10-12-6-8-13(9-7-12)11-19-16(20)14-4-2-1-3-5-14/h1-9,15H,10-11,18H2,(H,19,20)(H,21,22)/t15-/m0/s1. The summed E-state index contributed by atoms with van der Waals surface area (Å²) in [6.45, 7) is 0.416. The van der Waals surface area contributed by atoms with Crippen LogP contribution in [0.1, 0.15) is 21.5 Å². The number of amides is 1. The van der Waals surface area contributed by atoms with Gasteiger partial charge in [0.2, 0.25) is 0 Å². The van der Waals surface area contributed by atoms with E-state index in [0.29, 0.717) is 12.1 Å². The van der Waals surface area contributed by atoms with Crippen LogP contribution in [-0.4, -0.2) is 23.0 Å². The zero-order valence-corrected chi connectivity index (χ0v) is 12.0. The highest BCUT2D eigenvalue weighted by molar-refractivity contribution is 5.94. The Hall–Kier alpha value is -2.66. The highest BCUT2D eigenvalue weighted by atomic mass is 16.4. The Balaban J connectivity index is 1.89. The van der Waals surface area contributed by atoms with Crippen LogP contribution < -0.4 is 11.1 Å². The first-order valence-corrected chi connectivity index (χ1v) is 6.95. The van der Waals surface area contributed by atoms with Gasteiger partial charge in [0.25, 0.3) is 5.91 Å². The molecular weight excluding hydrogens is 280 g/mol. The summed E-state index contributed by atoms with van der Waals surface area (Å²) in [6.07, 6.45) is 0.284. The lowest BCUT2D eigenvalue weighted by Crippen LogP contribution is -2.32. The van der Waals surface area contributed by atoms with E-state index in [9.17, 15) is 9.59 Å². The largest absolute Gasteiger partial charge is 0.480 e. The number of aliphatic carboxylic acids is 1. The maximum atomic E-state index is 11.9. The van der Waals surface area contributed by atoms with Crippen molar-refractivity contribution in [2.75, 3.05) is 0 Å². The van der Waals surface area contributed by atoms with Gasteiger partial charge < -0.3 is 16.2 Å². The Morgan fingerprint density at radius 1 is 1.00 bits per heavy atom. The molecule has 0 fully saturated rings. The van der Waals surface area contributed by atoms with Crippen molar-refractivity contribution in [2.24, 2.45) is 5.73 Å². The van der Waals surface area contributed by atoms with Gasteiger partial charge in [0.05, 0.1) is 0 Å². The minimum Gasteiger partial charge on any atom is -0.480 e. The average molecular weight is 298 g/mol. The van der Waals surface area contributed by atoms with Crippen LogP contribution in [-0.2, 0) is 17.8 Å². The Bertz CT molecular complexity index is 639. The minimum absolute atomic E-state index is 0.127. The number of hydrogen-bond acceptors (Lipinski definition) is 3. The molecule has 5 heteroatoms. The quantitative estimate of drug-likeness (QED) is 0.755. The van der Waals surface area contributed by atoms with Crippen LogP contribution in [0.5, 0.6) is 0 Å². The van der Waals surface area contributed by atoms with Crippen molar-refractivity contribution < 1.29 is 14.7 Å². The van der Waals surface area contributed by atoms with Crippen LogP contribution in [0.4, 0.5) is 0 Å². The smallest absolute Gasteiger partial charge is 0.320 e. The number of hydrogen-bond donors (Lipinski definition) is 3. The molecule has 1 amide bonds. The Morgan fingerprint density at radius 3 is 2.18 bits per heavy atom. The third-order valence-electron chi connectivity index (χ3n) is 3.28. The predicted octanol–water partition coefficient (Wildman–Crippen LogP) is 1.57. The molecule has 2 aromatic carbocycles. The summed E-state index contributed by atoms with van der Waals surface area (Å²) in [6, 6.07) is 15.5. The van der Waals surface area contributed by atoms with Crippen LogP contribution in [0.15, 0.2) is 54.6 Å². The Morgan fingerprint density at radius 2 is 1.59 bits per heavy atom. The highest BCUT2D eigenvalue weighted by Gasteiger charge is 2.11. The van der Waals surface area contributed by atoms with E-state index in [2.05, 4.69) is 5.32 Å². The van der Waals surface area contributed by atoms with E-state index in [1.807, 2.05) is 42.5 Å². The van der Waals surface area contributed by atoms with Crippen molar-refractivity contribution >= 4 is 11.9 Å². The molecular formula is C17H18N2O3. The van der Waals surface area contributed by atoms with Crippen molar-refractivity contribution in [1.29, 1.82) is 0 Å². The number of benzene rings is 2. The molecule has 0 spiro atoms. The topological polar surface area (TPSA) is 92.4 Å². The summed E-state index contributed by atoms with van der Waals surface area (Å²) >= 11 is 0. The van der Waals surface area contributed by atoms with Crippen molar-refractivity contribution in [3.63, 3.8) is 0 Å². The molecule has 1 atom stereocenters. The van der Waals surface area contributed by atoms with E-state index < -0.39 is 12.0 Å². The molecule has 0 unspecified atom stereocenters. The van der Waals surface area contributed by atoms with Gasteiger partial charge in [-0.15, -0.1) is 0 Å². The van der Waals surface area contributed by atoms with E-state index in [1.165, 1.54) is 0 Å². The third kappa shape index (κ3) is 4.43. The lowest BCUT2D eigenvalue weighted by molar-refractivity contribution is -0.138. The van der Waals surface area contributed by atoms with Gasteiger partial charge in [-0.25, -0.2) is 0 Å². The first-order valence-electron chi connectivity index (χ1n) is 6.95. The molecule has 0 saturated carbocycles. The highest BCUT2D eigenvalue weighted by Crippen LogP contribution is 2.07. The van der Waals surface area contributed by atoms with E-state index in [1.54, 1.807) is 12.1 Å². The summed E-state index contributed by atoms with van der Waals surface area (Å²) in [4.78, 5) is 22.6. The first kappa shape index (κ1) is 15.7. The number of nitrogens with two attached hydrogens (primary N) is 1. The van der Waals surface area contributed by atoms with E-state index in [4.69, 9.17) is 10.8 Å². The maximum Gasteiger partial charge on any atom is 0.320 e. The van der Waals surface area contributed by atoms with Gasteiger partial charge in [-0.2, -0.15) is 0 Å². The van der Waals surface area contributed by atoms with Crippen molar-refractivity contribution in [3.05, 3.63) is 71.3 Å². The third-order valence-corrected chi connectivity index (χ3v) is 3.28. The van der Waals surface area contributed by atoms with Gasteiger partial charge in [-0.3, -0.25) is 9.59 Å². The van der Waals surface area contributed by atoms with Gasteiger partial charge in [0.15, 0.2) is 0 Å². The minimum atomic E-state index is -1.01. The summed E-state index contributed by atoms with van der Waals surface area (Å²) < 4.78 is 0. The zero-order valence-electron chi connectivity index (χ0n) is 12.0. The van der Waals surface area contributed by atoms with Gasteiger partial charge in [-0.1, -0.05) is 42.5 Å². The van der Waals surface area contributed by atoms with Gasteiger partial charge in [-0.05, 0) is 29.7 Å². The van der Waals surface area contributed by atoms with Crippen LogP contribution in [0, 0.1) is 0 Å². The van der Waals surface area contributed by atoms with Crippen molar-refractivity contribution in [1.82, 2.24) is 5.32 Å². The Labute approximate surface area is 128 Å². The molecule has 0 aliphatic carbocycles. The summed E-state index contributed by atoms with van der Waals surface area (Å²) in [5, 5.41) is 11.6. The molecule has 22 heavy (non-hydrogen) atoms. The van der Waals surface area contributed by atoms with E-state index in [-0.39, 0.29) is 12.3 Å². The van der Waals surface area contributed by atoms with Crippen LogP contribution in [0.3, 0.4) is 0 Å². The molecule has 0 aromatic heterocycles. The molecule has 4 N–H and O–H groups in total. The molecule has 114 valence electrons. The predicted molar refractivity (Wildman–Crippen MR) is 83.4 cm³/mol. The lowest BCUT2D eigenvalue weighted by Gasteiger charge is -2.08. The monoisotopic (exact) mass is 298 g/mol. The molecule has 5 nitrogen and oxygen atoms in total.